The second-order valence-electron chi connectivity index (χ2n) is 15.0. The molecule has 3 aliphatic rings. The van der Waals surface area contributed by atoms with Crippen molar-refractivity contribution in [1.82, 2.24) is 19.8 Å². The van der Waals surface area contributed by atoms with E-state index in [1.807, 2.05) is 0 Å². The molecule has 0 aliphatic carbocycles. The van der Waals surface area contributed by atoms with Crippen molar-refractivity contribution >= 4 is 28.2 Å². The van der Waals surface area contributed by atoms with E-state index in [1.165, 1.54) is 39.2 Å². The molecule has 54 heavy (non-hydrogen) atoms. The summed E-state index contributed by atoms with van der Waals surface area (Å²) in [5.74, 6) is 0.729. The maximum atomic E-state index is 12.7. The highest BCUT2D eigenvalue weighted by atomic mass is 16.5. The molecule has 7 rings (SSSR count). The Morgan fingerprint density at radius 2 is 1.85 bits per heavy atom. The zero-order valence-corrected chi connectivity index (χ0v) is 31.9. The van der Waals surface area contributed by atoms with E-state index in [2.05, 4.69) is 102 Å². The van der Waals surface area contributed by atoms with Crippen molar-refractivity contribution in [2.45, 2.75) is 77.6 Å². The molecule has 2 saturated heterocycles. The molecule has 10 heteroatoms. The van der Waals surface area contributed by atoms with Gasteiger partial charge >= 0.3 is 6.01 Å². The van der Waals surface area contributed by atoms with Crippen LogP contribution in [0.15, 0.2) is 73.3 Å². The van der Waals surface area contributed by atoms with Gasteiger partial charge in [0.25, 0.3) is 0 Å². The van der Waals surface area contributed by atoms with Crippen LogP contribution in [0.1, 0.15) is 60.1 Å². The van der Waals surface area contributed by atoms with Crippen molar-refractivity contribution in [2.24, 2.45) is 0 Å². The lowest BCUT2D eigenvalue weighted by atomic mass is 9.99. The molecule has 0 N–H and O–H groups in total. The van der Waals surface area contributed by atoms with Crippen molar-refractivity contribution in [1.29, 1.82) is 5.26 Å². The number of likely N-dealkylation sites (tertiary alicyclic amines) is 1. The minimum atomic E-state index is -0.247. The topological polar surface area (TPSA) is 98.1 Å². The number of nitrogens with zero attached hydrogens (tertiary/aromatic N) is 7. The summed E-state index contributed by atoms with van der Waals surface area (Å²) in [5, 5.41) is 12.2. The van der Waals surface area contributed by atoms with Crippen LogP contribution >= 0.6 is 0 Å². The third-order valence-electron chi connectivity index (χ3n) is 11.3. The summed E-state index contributed by atoms with van der Waals surface area (Å²) >= 11 is 0. The fourth-order valence-corrected chi connectivity index (χ4v) is 8.48. The summed E-state index contributed by atoms with van der Waals surface area (Å²) in [5.41, 5.74) is 7.06. The predicted octanol–water partition coefficient (Wildman–Crippen LogP) is 6.77. The van der Waals surface area contributed by atoms with Gasteiger partial charge in [0, 0.05) is 55.5 Å². The van der Waals surface area contributed by atoms with Gasteiger partial charge in [0.05, 0.1) is 37.4 Å². The first-order valence-corrected chi connectivity index (χ1v) is 19.6. The quantitative estimate of drug-likeness (QED) is 0.103. The number of hydrogen-bond acceptors (Lipinski definition) is 9. The standard InChI is InChI=1S/C44H53N7O3/c1-4-41(52)51-25-24-50(28-36(51)18-20-45)43-38-19-23-49(40-17-9-15-35-14-8-12-33(3)42(35)40)29-39(38)46-44(47-43)54-31-37-16-10-22-48(37)21-5-6-26-53-30-34-13-7-11-32(2)27-34/h4,7-9,11-15,17,27,36-37H,1,5-6,10,16,18-19,21-26,28-31H2,2-3H3/t36-,37?/m0/s1. The zero-order chi connectivity index (χ0) is 37.4. The molecular weight excluding hydrogens is 675 g/mol. The number of carbonyl (C=O) groups is 1. The largest absolute Gasteiger partial charge is 0.462 e. The van der Waals surface area contributed by atoms with E-state index < -0.39 is 0 Å². The molecule has 4 aromatic rings. The fourth-order valence-electron chi connectivity index (χ4n) is 8.48. The Hall–Kier alpha value is -4.98. The van der Waals surface area contributed by atoms with E-state index in [1.54, 1.807) is 4.90 Å². The summed E-state index contributed by atoms with van der Waals surface area (Å²) in [6.07, 6.45) is 6.72. The number of amides is 1. The Morgan fingerprint density at radius 3 is 2.69 bits per heavy atom. The first-order valence-electron chi connectivity index (χ1n) is 19.6. The highest BCUT2D eigenvalue weighted by Gasteiger charge is 2.34. The third kappa shape index (κ3) is 8.53. The maximum Gasteiger partial charge on any atom is 0.318 e. The molecule has 0 spiro atoms. The molecule has 2 atom stereocenters. The zero-order valence-electron chi connectivity index (χ0n) is 31.9. The van der Waals surface area contributed by atoms with E-state index in [-0.39, 0.29) is 18.4 Å². The fraction of sp³-hybridized carbons (Fsp3) is 0.455. The van der Waals surface area contributed by atoms with Gasteiger partial charge in [-0.1, -0.05) is 66.7 Å². The van der Waals surface area contributed by atoms with Crippen LogP contribution in [0.4, 0.5) is 11.5 Å². The average molecular weight is 728 g/mol. The smallest absolute Gasteiger partial charge is 0.318 e. The van der Waals surface area contributed by atoms with Crippen LogP contribution in [0.25, 0.3) is 10.8 Å². The van der Waals surface area contributed by atoms with Gasteiger partial charge in [-0.3, -0.25) is 9.69 Å². The third-order valence-corrected chi connectivity index (χ3v) is 11.3. The second kappa shape index (κ2) is 17.4. The Bertz CT molecular complexity index is 1990. The van der Waals surface area contributed by atoms with Gasteiger partial charge in [-0.15, -0.1) is 0 Å². The Kier molecular flexibility index (Phi) is 12.1. The van der Waals surface area contributed by atoms with E-state index >= 15 is 0 Å². The summed E-state index contributed by atoms with van der Waals surface area (Å²) < 4.78 is 12.5. The lowest BCUT2D eigenvalue weighted by molar-refractivity contribution is -0.128. The second-order valence-corrected chi connectivity index (χ2v) is 15.0. The molecule has 0 radical (unpaired) electrons. The van der Waals surface area contributed by atoms with Crippen LogP contribution in [-0.4, -0.2) is 90.2 Å². The highest BCUT2D eigenvalue weighted by Crippen LogP contribution is 2.36. The normalized spacial score (nSPS) is 18.8. The predicted molar refractivity (Wildman–Crippen MR) is 214 cm³/mol. The van der Waals surface area contributed by atoms with E-state index in [0.29, 0.717) is 51.4 Å². The van der Waals surface area contributed by atoms with Gasteiger partial charge in [-0.25, -0.2) is 0 Å². The lowest BCUT2D eigenvalue weighted by Crippen LogP contribution is -2.55. The summed E-state index contributed by atoms with van der Waals surface area (Å²) in [6.45, 7) is 15.1. The van der Waals surface area contributed by atoms with Gasteiger partial charge in [-0.2, -0.15) is 15.2 Å². The molecular formula is C44H53N7O3. The number of aryl methyl sites for hydroxylation is 2. The van der Waals surface area contributed by atoms with Crippen LogP contribution in [-0.2, 0) is 29.1 Å². The van der Waals surface area contributed by atoms with Crippen LogP contribution in [0.3, 0.4) is 0 Å². The minimum absolute atomic E-state index is 0.138. The molecule has 0 bridgehead atoms. The SMILES string of the molecule is C=CC(=O)N1CCN(c2nc(OCC3CCCN3CCCCOCc3cccc(C)c3)nc3c2CCN(c2cccc4cccc(C)c24)C3)C[C@@H]1CC#N. The molecule has 1 unspecified atom stereocenters. The molecule has 10 nitrogen and oxygen atoms in total. The van der Waals surface area contributed by atoms with Crippen LogP contribution in [0.5, 0.6) is 6.01 Å². The number of benzene rings is 3. The van der Waals surface area contributed by atoms with Crippen molar-refractivity contribution in [3.05, 3.63) is 101 Å². The maximum absolute atomic E-state index is 12.7. The summed E-state index contributed by atoms with van der Waals surface area (Å²) in [6, 6.07) is 24.3. The van der Waals surface area contributed by atoms with Crippen molar-refractivity contribution in [3.63, 3.8) is 0 Å². The van der Waals surface area contributed by atoms with Gasteiger partial charge in [0.15, 0.2) is 0 Å². The number of carbonyl (C=O) groups excluding carboxylic acids is 1. The first-order chi connectivity index (χ1) is 26.4. The first kappa shape index (κ1) is 37.3. The summed E-state index contributed by atoms with van der Waals surface area (Å²) in [7, 11) is 0. The monoisotopic (exact) mass is 727 g/mol. The number of hydrogen-bond donors (Lipinski definition) is 0. The van der Waals surface area contributed by atoms with Gasteiger partial charge in [-0.05, 0) is 87.7 Å². The van der Waals surface area contributed by atoms with E-state index in [4.69, 9.17) is 19.4 Å². The molecule has 1 amide bonds. The van der Waals surface area contributed by atoms with Gasteiger partial charge < -0.3 is 24.2 Å². The van der Waals surface area contributed by atoms with E-state index in [9.17, 15) is 10.1 Å². The number of aromatic nitrogens is 2. The summed E-state index contributed by atoms with van der Waals surface area (Å²) in [4.78, 5) is 31.9. The number of fused-ring (bicyclic) bond motifs is 2. The molecule has 3 aromatic carbocycles. The Morgan fingerprint density at radius 1 is 1.00 bits per heavy atom. The molecule has 282 valence electrons. The van der Waals surface area contributed by atoms with Crippen molar-refractivity contribution in [2.75, 3.05) is 62.3 Å². The van der Waals surface area contributed by atoms with Crippen molar-refractivity contribution in [3.8, 4) is 12.1 Å². The van der Waals surface area contributed by atoms with Crippen LogP contribution < -0.4 is 14.5 Å². The number of nitriles is 1. The molecule has 0 saturated carbocycles. The van der Waals surface area contributed by atoms with Crippen LogP contribution in [0, 0.1) is 25.2 Å². The number of anilines is 2. The number of rotatable bonds is 14. The minimum Gasteiger partial charge on any atom is -0.462 e. The number of unbranched alkanes of at least 4 members (excludes halogenated alkanes) is 1. The molecule has 2 fully saturated rings. The van der Waals surface area contributed by atoms with Crippen LogP contribution in [0.2, 0.25) is 0 Å². The number of ether oxygens (including phenoxy) is 2. The molecule has 4 heterocycles. The lowest BCUT2D eigenvalue weighted by Gasteiger charge is -2.42. The van der Waals surface area contributed by atoms with E-state index in [0.717, 1.165) is 75.4 Å². The Labute approximate surface area is 320 Å². The van der Waals surface area contributed by atoms with Gasteiger partial charge in [0.2, 0.25) is 5.91 Å². The van der Waals surface area contributed by atoms with Crippen molar-refractivity contribution < 1.29 is 14.3 Å². The highest BCUT2D eigenvalue weighted by molar-refractivity contribution is 5.97. The molecule has 1 aromatic heterocycles. The Balaban J connectivity index is 1.06. The number of piperazine rings is 1. The molecule has 3 aliphatic heterocycles. The average Bonchev–Trinajstić information content (AvgIpc) is 3.64. The van der Waals surface area contributed by atoms with Gasteiger partial charge in [0.1, 0.15) is 12.4 Å².